The van der Waals surface area contributed by atoms with E-state index in [-0.39, 0.29) is 24.8 Å². The molecule has 0 atom stereocenters. The van der Waals surface area contributed by atoms with Gasteiger partial charge in [0, 0.05) is 6.54 Å². The molecule has 0 unspecified atom stereocenters. The minimum atomic E-state index is -0.539. The highest BCUT2D eigenvalue weighted by molar-refractivity contribution is 5.94. The number of carbonyl (C=O) groups is 2. The summed E-state index contributed by atoms with van der Waals surface area (Å²) in [7, 11) is 0. The Labute approximate surface area is 176 Å². The molecule has 0 bridgehead atoms. The van der Waals surface area contributed by atoms with Gasteiger partial charge in [-0.1, -0.05) is 32.1 Å². The number of furan rings is 1. The number of nitriles is 1. The fraction of sp³-hybridized carbons (Fsp3) is 0.435. The average molecular weight is 409 g/mol. The van der Waals surface area contributed by atoms with E-state index in [2.05, 4.69) is 0 Å². The summed E-state index contributed by atoms with van der Waals surface area (Å²) in [6.07, 6.45) is 6.96. The van der Waals surface area contributed by atoms with Crippen molar-refractivity contribution in [2.24, 2.45) is 11.7 Å². The zero-order valence-electron chi connectivity index (χ0n) is 17.0. The molecule has 3 rings (SSSR count). The number of hydrogen-bond acceptors (Lipinski definition) is 5. The van der Waals surface area contributed by atoms with E-state index in [9.17, 15) is 9.59 Å². The summed E-state index contributed by atoms with van der Waals surface area (Å²) >= 11 is 0. The lowest BCUT2D eigenvalue weighted by Gasteiger charge is -2.26. The largest absolute Gasteiger partial charge is 0.486 e. The second kappa shape index (κ2) is 10.5. The quantitative estimate of drug-likeness (QED) is 0.680. The lowest BCUT2D eigenvalue weighted by molar-refractivity contribution is -0.118. The molecule has 30 heavy (non-hydrogen) atoms. The van der Waals surface area contributed by atoms with Crippen molar-refractivity contribution in [3.63, 3.8) is 0 Å². The van der Waals surface area contributed by atoms with Gasteiger partial charge in [0.25, 0.3) is 5.91 Å². The van der Waals surface area contributed by atoms with Crippen LogP contribution in [0.15, 0.2) is 40.8 Å². The first-order chi connectivity index (χ1) is 14.5. The molecule has 2 amide bonds. The molecular weight excluding hydrogens is 382 g/mol. The fourth-order valence-corrected chi connectivity index (χ4v) is 3.76. The lowest BCUT2D eigenvalue weighted by atomic mass is 9.87. The van der Waals surface area contributed by atoms with Crippen LogP contribution in [0.3, 0.4) is 0 Å². The van der Waals surface area contributed by atoms with Crippen LogP contribution in [0.4, 0.5) is 0 Å². The second-order valence-corrected chi connectivity index (χ2v) is 7.68. The number of rotatable bonds is 9. The second-order valence-electron chi connectivity index (χ2n) is 7.68. The maximum Gasteiger partial charge on any atom is 0.290 e. The monoisotopic (exact) mass is 409 g/mol. The first-order valence-electron chi connectivity index (χ1n) is 10.3. The molecule has 1 heterocycles. The minimum Gasteiger partial charge on any atom is -0.486 e. The molecule has 1 aromatic heterocycles. The molecule has 1 saturated carbocycles. The van der Waals surface area contributed by atoms with Crippen LogP contribution in [-0.2, 0) is 11.4 Å². The molecule has 0 radical (unpaired) electrons. The minimum absolute atomic E-state index is 0.122. The number of primary amides is 1. The Morgan fingerprint density at radius 3 is 2.53 bits per heavy atom. The molecule has 1 aliphatic carbocycles. The van der Waals surface area contributed by atoms with E-state index >= 15 is 0 Å². The van der Waals surface area contributed by atoms with Crippen LogP contribution in [0.1, 0.15) is 60.4 Å². The topological polar surface area (TPSA) is 110 Å². The van der Waals surface area contributed by atoms with Crippen LogP contribution < -0.4 is 10.5 Å². The first-order valence-corrected chi connectivity index (χ1v) is 10.3. The standard InChI is InChI=1S/C23H27N3O4/c24-14-18-6-8-19(9-7-18)29-16-20-10-11-21(30-20)23(28)26(15-22(25)27)13-12-17-4-2-1-3-5-17/h6-11,17H,1-5,12-13,15-16H2,(H2,25,27). The number of ether oxygens (including phenoxy) is 1. The zero-order chi connectivity index (χ0) is 21.3. The zero-order valence-corrected chi connectivity index (χ0v) is 17.0. The van der Waals surface area contributed by atoms with Gasteiger partial charge in [-0.2, -0.15) is 5.26 Å². The average Bonchev–Trinajstić information content (AvgIpc) is 3.24. The number of nitrogens with zero attached hydrogens (tertiary/aromatic N) is 2. The van der Waals surface area contributed by atoms with Crippen LogP contribution in [-0.4, -0.2) is 29.8 Å². The third-order valence-electron chi connectivity index (χ3n) is 5.40. The van der Waals surface area contributed by atoms with Gasteiger partial charge in [0.15, 0.2) is 5.76 Å². The van der Waals surface area contributed by atoms with Crippen molar-refractivity contribution in [3.05, 3.63) is 53.5 Å². The molecule has 2 N–H and O–H groups in total. The van der Waals surface area contributed by atoms with Gasteiger partial charge in [0.05, 0.1) is 18.2 Å². The molecule has 1 aliphatic rings. The lowest BCUT2D eigenvalue weighted by Crippen LogP contribution is -2.39. The predicted octanol–water partition coefficient (Wildman–Crippen LogP) is 3.63. The van der Waals surface area contributed by atoms with Crippen molar-refractivity contribution in [1.29, 1.82) is 5.26 Å². The molecular formula is C23H27N3O4. The van der Waals surface area contributed by atoms with E-state index in [1.165, 1.54) is 37.0 Å². The summed E-state index contributed by atoms with van der Waals surface area (Å²) in [6, 6.07) is 12.1. The van der Waals surface area contributed by atoms with E-state index in [1.807, 2.05) is 6.07 Å². The molecule has 0 spiro atoms. The normalized spacial score (nSPS) is 14.1. The van der Waals surface area contributed by atoms with E-state index in [0.29, 0.717) is 29.5 Å². The smallest absolute Gasteiger partial charge is 0.290 e. The highest BCUT2D eigenvalue weighted by Crippen LogP contribution is 2.26. The van der Waals surface area contributed by atoms with Gasteiger partial charge in [0.2, 0.25) is 5.91 Å². The van der Waals surface area contributed by atoms with Crippen molar-refractivity contribution < 1.29 is 18.7 Å². The Hall–Kier alpha value is -3.27. The summed E-state index contributed by atoms with van der Waals surface area (Å²) in [5.41, 5.74) is 5.90. The summed E-state index contributed by atoms with van der Waals surface area (Å²) in [5.74, 6) is 0.973. The van der Waals surface area contributed by atoms with E-state index < -0.39 is 5.91 Å². The van der Waals surface area contributed by atoms with Gasteiger partial charge in [0.1, 0.15) is 18.1 Å². The molecule has 1 fully saturated rings. The maximum absolute atomic E-state index is 12.9. The molecule has 7 heteroatoms. The van der Waals surface area contributed by atoms with Crippen LogP contribution in [0.5, 0.6) is 5.75 Å². The van der Waals surface area contributed by atoms with Gasteiger partial charge < -0.3 is 19.8 Å². The van der Waals surface area contributed by atoms with Crippen molar-refractivity contribution in [2.45, 2.75) is 45.1 Å². The predicted molar refractivity (Wildman–Crippen MR) is 110 cm³/mol. The summed E-state index contributed by atoms with van der Waals surface area (Å²) in [5, 5.41) is 8.83. The number of nitrogens with two attached hydrogens (primary N) is 1. The molecule has 7 nitrogen and oxygen atoms in total. The van der Waals surface area contributed by atoms with Gasteiger partial charge in [-0.15, -0.1) is 0 Å². The summed E-state index contributed by atoms with van der Waals surface area (Å²) in [4.78, 5) is 25.8. The number of amides is 2. The summed E-state index contributed by atoms with van der Waals surface area (Å²) in [6.45, 7) is 0.518. The molecule has 1 aromatic carbocycles. The summed E-state index contributed by atoms with van der Waals surface area (Å²) < 4.78 is 11.3. The highest BCUT2D eigenvalue weighted by atomic mass is 16.5. The van der Waals surface area contributed by atoms with Gasteiger partial charge in [-0.05, 0) is 48.7 Å². The van der Waals surface area contributed by atoms with Crippen molar-refractivity contribution in [2.75, 3.05) is 13.1 Å². The molecule has 0 saturated heterocycles. The van der Waals surface area contributed by atoms with E-state index in [0.717, 1.165) is 6.42 Å². The Morgan fingerprint density at radius 2 is 1.87 bits per heavy atom. The van der Waals surface area contributed by atoms with Crippen molar-refractivity contribution in [3.8, 4) is 11.8 Å². The van der Waals surface area contributed by atoms with Gasteiger partial charge in [-0.3, -0.25) is 9.59 Å². The number of benzene rings is 1. The molecule has 0 aliphatic heterocycles. The van der Waals surface area contributed by atoms with Crippen LogP contribution in [0, 0.1) is 17.2 Å². The maximum atomic E-state index is 12.9. The van der Waals surface area contributed by atoms with Crippen molar-refractivity contribution >= 4 is 11.8 Å². The van der Waals surface area contributed by atoms with Gasteiger partial charge in [-0.25, -0.2) is 0 Å². The molecule has 2 aromatic rings. The van der Waals surface area contributed by atoms with E-state index in [4.69, 9.17) is 20.1 Å². The first kappa shape index (κ1) is 21.4. The third kappa shape index (κ3) is 6.11. The molecule has 158 valence electrons. The van der Waals surface area contributed by atoms with Crippen LogP contribution in [0.2, 0.25) is 0 Å². The number of hydrogen-bond donors (Lipinski definition) is 1. The van der Waals surface area contributed by atoms with Crippen LogP contribution in [0.25, 0.3) is 0 Å². The van der Waals surface area contributed by atoms with E-state index in [1.54, 1.807) is 36.4 Å². The van der Waals surface area contributed by atoms with Crippen molar-refractivity contribution in [1.82, 2.24) is 4.90 Å². The van der Waals surface area contributed by atoms with Gasteiger partial charge >= 0.3 is 0 Å². The Balaban J connectivity index is 1.57. The van der Waals surface area contributed by atoms with Crippen LogP contribution >= 0.6 is 0 Å². The number of carbonyl (C=O) groups excluding carboxylic acids is 2. The highest BCUT2D eigenvalue weighted by Gasteiger charge is 2.23. The Kier molecular flexibility index (Phi) is 7.50. The Morgan fingerprint density at radius 1 is 1.13 bits per heavy atom. The fourth-order valence-electron chi connectivity index (χ4n) is 3.76. The SMILES string of the molecule is N#Cc1ccc(OCc2ccc(C(=O)N(CCC3CCCCC3)CC(N)=O)o2)cc1. The Bertz CT molecular complexity index is 892. The third-order valence-corrected chi connectivity index (χ3v) is 5.40.